The molecule has 0 amide bonds. The highest BCUT2D eigenvalue weighted by molar-refractivity contribution is 6.01. The Morgan fingerprint density at radius 1 is 1.47 bits per heavy atom. The van der Waals surface area contributed by atoms with Crippen LogP contribution in [0.15, 0.2) is 29.3 Å². The van der Waals surface area contributed by atoms with Crippen molar-refractivity contribution in [1.82, 2.24) is 4.90 Å². The van der Waals surface area contributed by atoms with Gasteiger partial charge < -0.3 is 15.7 Å². The van der Waals surface area contributed by atoms with Crippen LogP contribution < -0.4 is 5.73 Å². The lowest BCUT2D eigenvalue weighted by molar-refractivity contribution is 0.170. The second-order valence-corrected chi connectivity index (χ2v) is 4.31. The summed E-state index contributed by atoms with van der Waals surface area (Å²) in [6.45, 7) is 2.25. The summed E-state index contributed by atoms with van der Waals surface area (Å²) in [5, 5.41) is 10.1. The fraction of sp³-hybridized carbons (Fsp3) is 0.462. The average molecular weight is 233 g/mol. The molecule has 92 valence electrons. The van der Waals surface area contributed by atoms with Crippen molar-refractivity contribution in [2.45, 2.75) is 12.5 Å². The number of aliphatic hydroxyl groups excluding tert-OH is 1. The van der Waals surface area contributed by atoms with E-state index < -0.39 is 6.10 Å². The summed E-state index contributed by atoms with van der Waals surface area (Å²) in [5.41, 5.74) is 7.44. The van der Waals surface area contributed by atoms with Crippen LogP contribution in [0, 0.1) is 0 Å². The van der Waals surface area contributed by atoms with Crippen LogP contribution in [0.25, 0.3) is 0 Å². The Labute approximate surface area is 102 Å². The number of amidine groups is 1. The van der Waals surface area contributed by atoms with E-state index >= 15 is 0 Å². The summed E-state index contributed by atoms with van der Waals surface area (Å²) < 4.78 is 0. The summed E-state index contributed by atoms with van der Waals surface area (Å²) in [7, 11) is 2.03. The largest absolute Gasteiger partial charge is 0.388 e. The van der Waals surface area contributed by atoms with Crippen LogP contribution in [0.2, 0.25) is 0 Å². The van der Waals surface area contributed by atoms with Gasteiger partial charge >= 0.3 is 0 Å². The van der Waals surface area contributed by atoms with Gasteiger partial charge in [0.2, 0.25) is 0 Å². The maximum Gasteiger partial charge on any atom is 0.131 e. The average Bonchev–Trinajstić information content (AvgIpc) is 2.76. The highest BCUT2D eigenvalue weighted by Gasteiger charge is 2.20. The Morgan fingerprint density at radius 3 is 2.88 bits per heavy atom. The Morgan fingerprint density at radius 2 is 2.24 bits per heavy atom. The molecule has 0 saturated heterocycles. The van der Waals surface area contributed by atoms with E-state index in [0.717, 1.165) is 30.1 Å². The first-order chi connectivity index (χ1) is 8.24. The third-order valence-corrected chi connectivity index (χ3v) is 3.06. The lowest BCUT2D eigenvalue weighted by atomic mass is 9.99. The van der Waals surface area contributed by atoms with Gasteiger partial charge in [0.25, 0.3) is 0 Å². The van der Waals surface area contributed by atoms with Crippen molar-refractivity contribution < 1.29 is 5.11 Å². The van der Waals surface area contributed by atoms with Crippen molar-refractivity contribution in [3.8, 4) is 0 Å². The van der Waals surface area contributed by atoms with E-state index in [1.54, 1.807) is 0 Å². The van der Waals surface area contributed by atoms with E-state index in [1.165, 1.54) is 0 Å². The highest BCUT2D eigenvalue weighted by Crippen LogP contribution is 2.23. The number of hydrogen-bond donors (Lipinski definition) is 2. The van der Waals surface area contributed by atoms with Gasteiger partial charge in [0.15, 0.2) is 0 Å². The molecule has 0 radical (unpaired) electrons. The molecule has 1 aliphatic heterocycles. The lowest BCUT2D eigenvalue weighted by Gasteiger charge is -2.19. The molecule has 0 aliphatic carbocycles. The molecule has 1 unspecified atom stereocenters. The summed E-state index contributed by atoms with van der Waals surface area (Å²) in [6.07, 6.45) is 0.0708. The monoisotopic (exact) mass is 233 g/mol. The van der Waals surface area contributed by atoms with Gasteiger partial charge in [0, 0.05) is 19.2 Å². The first-order valence-corrected chi connectivity index (χ1v) is 5.97. The van der Waals surface area contributed by atoms with Crippen LogP contribution in [-0.2, 0) is 0 Å². The molecule has 0 bridgehead atoms. The minimum Gasteiger partial charge on any atom is -0.388 e. The van der Waals surface area contributed by atoms with E-state index in [1.807, 2.05) is 31.3 Å². The molecule has 1 aromatic carbocycles. The molecule has 1 atom stereocenters. The summed E-state index contributed by atoms with van der Waals surface area (Å²) >= 11 is 0. The van der Waals surface area contributed by atoms with Gasteiger partial charge in [-0.2, -0.15) is 0 Å². The molecule has 17 heavy (non-hydrogen) atoms. The molecule has 4 heteroatoms. The second-order valence-electron chi connectivity index (χ2n) is 4.31. The van der Waals surface area contributed by atoms with Crippen LogP contribution in [0.5, 0.6) is 0 Å². The Balaban J connectivity index is 2.33. The molecular formula is C13H19N3O. The molecule has 2 rings (SSSR count). The van der Waals surface area contributed by atoms with Crippen molar-refractivity contribution >= 4 is 5.84 Å². The van der Waals surface area contributed by atoms with Crippen LogP contribution in [0.4, 0.5) is 0 Å². The van der Waals surface area contributed by atoms with E-state index in [-0.39, 0.29) is 0 Å². The van der Waals surface area contributed by atoms with Crippen molar-refractivity contribution in [3.05, 3.63) is 35.4 Å². The molecule has 0 saturated carbocycles. The lowest BCUT2D eigenvalue weighted by Crippen LogP contribution is -2.25. The number of likely N-dealkylation sites (N-methyl/N-ethyl adjacent to an activating group) is 1. The van der Waals surface area contributed by atoms with Gasteiger partial charge in [0.1, 0.15) is 5.84 Å². The molecule has 0 aromatic heterocycles. The quantitative estimate of drug-likeness (QED) is 0.807. The van der Waals surface area contributed by atoms with Gasteiger partial charge in [-0.1, -0.05) is 24.3 Å². The number of aliphatic hydroxyl groups is 1. The van der Waals surface area contributed by atoms with Gasteiger partial charge in [0.05, 0.1) is 12.6 Å². The minimum atomic E-state index is -0.507. The number of rotatable bonds is 4. The van der Waals surface area contributed by atoms with Crippen molar-refractivity contribution in [2.24, 2.45) is 10.7 Å². The van der Waals surface area contributed by atoms with Gasteiger partial charge in [-0.25, -0.2) is 0 Å². The maximum absolute atomic E-state index is 10.1. The number of benzene rings is 1. The minimum absolute atomic E-state index is 0.484. The van der Waals surface area contributed by atoms with Crippen LogP contribution >= 0.6 is 0 Å². The molecule has 0 fully saturated rings. The first kappa shape index (κ1) is 12.1. The smallest absolute Gasteiger partial charge is 0.131 e. The summed E-state index contributed by atoms with van der Waals surface area (Å²) in [6, 6.07) is 7.87. The van der Waals surface area contributed by atoms with E-state index in [2.05, 4.69) is 9.89 Å². The number of nitrogens with zero attached hydrogens (tertiary/aromatic N) is 2. The fourth-order valence-corrected chi connectivity index (χ4v) is 2.13. The van der Waals surface area contributed by atoms with E-state index in [0.29, 0.717) is 13.0 Å². The van der Waals surface area contributed by atoms with Gasteiger partial charge in [-0.15, -0.1) is 0 Å². The van der Waals surface area contributed by atoms with Crippen LogP contribution in [-0.4, -0.2) is 42.5 Å². The molecule has 4 nitrogen and oxygen atoms in total. The maximum atomic E-state index is 10.1. The van der Waals surface area contributed by atoms with E-state index in [4.69, 9.17) is 5.73 Å². The van der Waals surface area contributed by atoms with Crippen molar-refractivity contribution in [2.75, 3.05) is 26.7 Å². The molecule has 0 spiro atoms. The molecule has 1 aliphatic rings. The molecule has 3 N–H and O–H groups in total. The number of nitrogens with two attached hydrogens (primary N) is 1. The predicted molar refractivity (Wildman–Crippen MR) is 69.1 cm³/mol. The third kappa shape index (κ3) is 2.48. The Hall–Kier alpha value is -1.39. The zero-order valence-corrected chi connectivity index (χ0v) is 10.1. The second kappa shape index (κ2) is 5.29. The number of hydrogen-bond acceptors (Lipinski definition) is 4. The Kier molecular flexibility index (Phi) is 3.76. The van der Waals surface area contributed by atoms with Crippen molar-refractivity contribution in [1.29, 1.82) is 0 Å². The predicted octanol–water partition coefficient (Wildman–Crippen LogP) is 0.761. The van der Waals surface area contributed by atoms with Crippen LogP contribution in [0.3, 0.4) is 0 Å². The number of aliphatic imine (C=N–C) groups is 1. The van der Waals surface area contributed by atoms with Gasteiger partial charge in [-0.05, 0) is 18.5 Å². The first-order valence-electron chi connectivity index (χ1n) is 5.97. The van der Waals surface area contributed by atoms with Crippen LogP contribution in [0.1, 0.15) is 23.7 Å². The summed E-state index contributed by atoms with van der Waals surface area (Å²) in [4.78, 5) is 6.61. The topological polar surface area (TPSA) is 61.8 Å². The standard InChI is InChI=1S/C13H19N3O/c1-16-9-8-15-13(16)11-5-3-2-4-10(11)12(17)6-7-14/h2-5,12,17H,6-9,14H2,1H3. The Bertz CT molecular complexity index is 417. The van der Waals surface area contributed by atoms with Gasteiger partial charge in [-0.3, -0.25) is 4.99 Å². The molecular weight excluding hydrogens is 214 g/mol. The zero-order valence-electron chi connectivity index (χ0n) is 10.1. The van der Waals surface area contributed by atoms with Crippen molar-refractivity contribution in [3.63, 3.8) is 0 Å². The molecule has 1 aromatic rings. The summed E-state index contributed by atoms with van der Waals surface area (Å²) in [5.74, 6) is 0.969. The normalized spacial score (nSPS) is 17.1. The van der Waals surface area contributed by atoms with E-state index in [9.17, 15) is 5.11 Å². The SMILES string of the molecule is CN1CCN=C1c1ccccc1C(O)CCN. The fourth-order valence-electron chi connectivity index (χ4n) is 2.13. The zero-order chi connectivity index (χ0) is 12.3. The third-order valence-electron chi connectivity index (χ3n) is 3.06. The highest BCUT2D eigenvalue weighted by atomic mass is 16.3. The molecule has 1 heterocycles.